The highest BCUT2D eigenvalue weighted by molar-refractivity contribution is 5.96. The average molecular weight is 360 g/mol. The molecule has 0 atom stereocenters. The average Bonchev–Trinajstić information content (AvgIpc) is 3.06. The zero-order valence-electron chi connectivity index (χ0n) is 14.8. The molecule has 7 nitrogen and oxygen atoms in total. The standard InChI is InChI=1S/C18H21FN4O3/c1-13-11-17(20-26-13)23(14(2)24)12-18(25)22-9-7-21(8-10-22)16-5-3-15(19)4-6-16/h3-6,11H,7-10,12H2,1-2H3. The Morgan fingerprint density at radius 3 is 2.38 bits per heavy atom. The highest BCUT2D eigenvalue weighted by Crippen LogP contribution is 2.18. The van der Waals surface area contributed by atoms with Crippen LogP contribution in [0.3, 0.4) is 0 Å². The van der Waals surface area contributed by atoms with Crippen molar-refractivity contribution in [1.82, 2.24) is 10.1 Å². The molecule has 0 aliphatic carbocycles. The van der Waals surface area contributed by atoms with E-state index in [1.54, 1.807) is 30.0 Å². The van der Waals surface area contributed by atoms with E-state index >= 15 is 0 Å². The van der Waals surface area contributed by atoms with Crippen LogP contribution in [0.4, 0.5) is 15.9 Å². The number of nitrogens with zero attached hydrogens (tertiary/aromatic N) is 4. The number of hydrogen-bond donors (Lipinski definition) is 0. The number of rotatable bonds is 4. The maximum absolute atomic E-state index is 13.0. The summed E-state index contributed by atoms with van der Waals surface area (Å²) >= 11 is 0. The van der Waals surface area contributed by atoms with Gasteiger partial charge in [-0.25, -0.2) is 4.39 Å². The Labute approximate surface area is 151 Å². The van der Waals surface area contributed by atoms with Crippen molar-refractivity contribution in [3.63, 3.8) is 0 Å². The summed E-state index contributed by atoms with van der Waals surface area (Å²) in [6.07, 6.45) is 0. The number of carbonyl (C=O) groups excluding carboxylic acids is 2. The minimum Gasteiger partial charge on any atom is -0.368 e. The van der Waals surface area contributed by atoms with Gasteiger partial charge in [0.2, 0.25) is 11.8 Å². The highest BCUT2D eigenvalue weighted by atomic mass is 19.1. The maximum Gasteiger partial charge on any atom is 0.242 e. The van der Waals surface area contributed by atoms with Crippen molar-refractivity contribution >= 4 is 23.3 Å². The van der Waals surface area contributed by atoms with Crippen molar-refractivity contribution in [3.8, 4) is 0 Å². The minimum absolute atomic E-state index is 0.0716. The second-order valence-electron chi connectivity index (χ2n) is 6.25. The van der Waals surface area contributed by atoms with Crippen LogP contribution in [-0.4, -0.2) is 54.6 Å². The largest absolute Gasteiger partial charge is 0.368 e. The first-order chi connectivity index (χ1) is 12.4. The number of anilines is 2. The third kappa shape index (κ3) is 4.01. The summed E-state index contributed by atoms with van der Waals surface area (Å²) in [5, 5.41) is 3.81. The molecule has 0 spiro atoms. The van der Waals surface area contributed by atoms with Crippen LogP contribution in [0.25, 0.3) is 0 Å². The van der Waals surface area contributed by atoms with Gasteiger partial charge in [-0.05, 0) is 31.2 Å². The predicted octanol–water partition coefficient (Wildman–Crippen LogP) is 1.82. The number of halogens is 1. The molecule has 3 rings (SSSR count). The molecule has 0 bridgehead atoms. The van der Waals surface area contributed by atoms with Crippen molar-refractivity contribution in [1.29, 1.82) is 0 Å². The molecule has 0 unspecified atom stereocenters. The van der Waals surface area contributed by atoms with E-state index in [0.717, 1.165) is 5.69 Å². The molecule has 1 fully saturated rings. The summed E-state index contributed by atoms with van der Waals surface area (Å²) in [6.45, 7) is 5.44. The van der Waals surface area contributed by atoms with Crippen LogP contribution in [-0.2, 0) is 9.59 Å². The van der Waals surface area contributed by atoms with Crippen LogP contribution >= 0.6 is 0 Å². The molecule has 0 radical (unpaired) electrons. The minimum atomic E-state index is -0.269. The van der Waals surface area contributed by atoms with Gasteiger partial charge in [0, 0.05) is 44.9 Å². The molecule has 8 heteroatoms. The number of benzene rings is 1. The van der Waals surface area contributed by atoms with E-state index in [1.807, 2.05) is 0 Å². The van der Waals surface area contributed by atoms with Gasteiger partial charge in [0.25, 0.3) is 0 Å². The van der Waals surface area contributed by atoms with Gasteiger partial charge in [-0.2, -0.15) is 0 Å². The molecular formula is C18H21FN4O3. The van der Waals surface area contributed by atoms with Gasteiger partial charge >= 0.3 is 0 Å². The monoisotopic (exact) mass is 360 g/mol. The molecule has 1 aromatic carbocycles. The Balaban J connectivity index is 1.59. The predicted molar refractivity (Wildman–Crippen MR) is 94.5 cm³/mol. The Kier molecular flexibility index (Phi) is 5.20. The Morgan fingerprint density at radius 2 is 1.85 bits per heavy atom. The van der Waals surface area contributed by atoms with Crippen LogP contribution in [0.1, 0.15) is 12.7 Å². The summed E-state index contributed by atoms with van der Waals surface area (Å²) < 4.78 is 18.0. The van der Waals surface area contributed by atoms with Gasteiger partial charge in [0.1, 0.15) is 18.1 Å². The number of aryl methyl sites for hydroxylation is 1. The van der Waals surface area contributed by atoms with E-state index in [4.69, 9.17) is 4.52 Å². The van der Waals surface area contributed by atoms with Gasteiger partial charge in [0.15, 0.2) is 5.82 Å². The summed E-state index contributed by atoms with van der Waals surface area (Å²) in [5.74, 6) is 0.242. The van der Waals surface area contributed by atoms with E-state index in [9.17, 15) is 14.0 Å². The molecule has 2 amide bonds. The number of aromatic nitrogens is 1. The van der Waals surface area contributed by atoms with Crippen molar-refractivity contribution in [2.45, 2.75) is 13.8 Å². The number of hydrogen-bond acceptors (Lipinski definition) is 5. The summed E-state index contributed by atoms with van der Waals surface area (Å²) in [5.41, 5.74) is 0.932. The second kappa shape index (κ2) is 7.55. The van der Waals surface area contributed by atoms with Crippen LogP contribution in [0, 0.1) is 12.7 Å². The zero-order valence-corrected chi connectivity index (χ0v) is 14.8. The van der Waals surface area contributed by atoms with Crippen LogP contribution in [0.15, 0.2) is 34.9 Å². The van der Waals surface area contributed by atoms with Gasteiger partial charge in [-0.3, -0.25) is 14.5 Å². The Bertz CT molecular complexity index is 782. The van der Waals surface area contributed by atoms with Gasteiger partial charge < -0.3 is 14.3 Å². The summed E-state index contributed by atoms with van der Waals surface area (Å²) in [4.78, 5) is 29.6. The molecule has 1 saturated heterocycles. The van der Waals surface area contributed by atoms with Gasteiger partial charge in [0.05, 0.1) is 0 Å². The summed E-state index contributed by atoms with van der Waals surface area (Å²) in [6, 6.07) is 7.95. The molecule has 0 saturated carbocycles. The lowest BCUT2D eigenvalue weighted by Crippen LogP contribution is -2.51. The second-order valence-corrected chi connectivity index (χ2v) is 6.25. The SMILES string of the molecule is CC(=O)N(CC(=O)N1CCN(c2ccc(F)cc2)CC1)c1cc(C)on1. The lowest BCUT2D eigenvalue weighted by molar-refractivity contribution is -0.131. The van der Waals surface area contributed by atoms with E-state index in [-0.39, 0.29) is 24.2 Å². The topological polar surface area (TPSA) is 69.9 Å². The van der Waals surface area contributed by atoms with E-state index in [0.29, 0.717) is 37.8 Å². The third-order valence-electron chi connectivity index (χ3n) is 4.39. The van der Waals surface area contributed by atoms with E-state index < -0.39 is 0 Å². The Morgan fingerprint density at radius 1 is 1.19 bits per heavy atom. The fraction of sp³-hybridized carbons (Fsp3) is 0.389. The molecule has 1 aliphatic heterocycles. The van der Waals surface area contributed by atoms with Crippen LogP contribution in [0.2, 0.25) is 0 Å². The van der Waals surface area contributed by atoms with Crippen molar-refractivity contribution < 1.29 is 18.5 Å². The normalized spacial score (nSPS) is 14.4. The molecule has 26 heavy (non-hydrogen) atoms. The van der Waals surface area contributed by atoms with Crippen LogP contribution in [0.5, 0.6) is 0 Å². The first-order valence-electron chi connectivity index (χ1n) is 8.44. The molecular weight excluding hydrogens is 339 g/mol. The van der Waals surface area contributed by atoms with Crippen molar-refractivity contribution in [3.05, 3.63) is 41.9 Å². The third-order valence-corrected chi connectivity index (χ3v) is 4.39. The first kappa shape index (κ1) is 17.9. The van der Waals surface area contributed by atoms with Crippen LogP contribution < -0.4 is 9.80 Å². The first-order valence-corrected chi connectivity index (χ1v) is 8.44. The van der Waals surface area contributed by atoms with E-state index in [2.05, 4.69) is 10.1 Å². The molecule has 1 aromatic heterocycles. The van der Waals surface area contributed by atoms with Gasteiger partial charge in [-0.1, -0.05) is 5.16 Å². The molecule has 2 aromatic rings. The lowest BCUT2D eigenvalue weighted by Gasteiger charge is -2.36. The molecule has 0 N–H and O–H groups in total. The quantitative estimate of drug-likeness (QED) is 0.832. The Hall–Kier alpha value is -2.90. The lowest BCUT2D eigenvalue weighted by atomic mass is 10.2. The molecule has 1 aliphatic rings. The zero-order chi connectivity index (χ0) is 18.7. The number of piperazine rings is 1. The summed E-state index contributed by atoms with van der Waals surface area (Å²) in [7, 11) is 0. The fourth-order valence-corrected chi connectivity index (χ4v) is 2.94. The molecule has 138 valence electrons. The van der Waals surface area contributed by atoms with Crippen molar-refractivity contribution in [2.75, 3.05) is 42.5 Å². The number of carbonyl (C=O) groups is 2. The van der Waals surface area contributed by atoms with E-state index in [1.165, 1.54) is 24.0 Å². The maximum atomic E-state index is 13.0. The highest BCUT2D eigenvalue weighted by Gasteiger charge is 2.25. The molecule has 2 heterocycles. The van der Waals surface area contributed by atoms with Gasteiger partial charge in [-0.15, -0.1) is 0 Å². The van der Waals surface area contributed by atoms with Crippen molar-refractivity contribution in [2.24, 2.45) is 0 Å². The number of amides is 2. The smallest absolute Gasteiger partial charge is 0.242 e. The fourth-order valence-electron chi connectivity index (χ4n) is 2.94.